The summed E-state index contributed by atoms with van der Waals surface area (Å²) < 4.78 is 39.6. The number of carbonyl (C=O) groups is 1. The first kappa shape index (κ1) is 15.6. The number of thioether (sulfide) groups is 1. The van der Waals surface area contributed by atoms with Crippen LogP contribution in [0.25, 0.3) is 0 Å². The molecule has 1 rings (SSSR count). The quantitative estimate of drug-likeness (QED) is 0.708. The standard InChI is InChI=1S/C10H17F3N2O2S/c11-10(12,13)7-17-3-1-15-9(16)5-8-6-18-4-2-14-8/h8,14H,1-7H2,(H,15,16). The van der Waals surface area contributed by atoms with Gasteiger partial charge >= 0.3 is 6.18 Å². The summed E-state index contributed by atoms with van der Waals surface area (Å²) in [4.78, 5) is 11.4. The minimum atomic E-state index is -4.31. The lowest BCUT2D eigenvalue weighted by Crippen LogP contribution is -2.41. The number of alkyl halides is 3. The van der Waals surface area contributed by atoms with Crippen LogP contribution in [0.15, 0.2) is 0 Å². The zero-order chi connectivity index (χ0) is 13.4. The zero-order valence-electron chi connectivity index (χ0n) is 9.89. The zero-order valence-corrected chi connectivity index (χ0v) is 10.7. The van der Waals surface area contributed by atoms with E-state index in [1.54, 1.807) is 11.8 Å². The monoisotopic (exact) mass is 286 g/mol. The van der Waals surface area contributed by atoms with Crippen molar-refractivity contribution < 1.29 is 22.7 Å². The summed E-state index contributed by atoms with van der Waals surface area (Å²) in [6.45, 7) is -0.409. The first-order chi connectivity index (χ1) is 8.47. The molecule has 1 aliphatic rings. The minimum absolute atomic E-state index is 0.106. The molecule has 1 atom stereocenters. The van der Waals surface area contributed by atoms with Gasteiger partial charge in [0.1, 0.15) is 6.61 Å². The van der Waals surface area contributed by atoms with Crippen LogP contribution in [0, 0.1) is 0 Å². The molecule has 1 aliphatic heterocycles. The molecular formula is C10H17F3N2O2S. The highest BCUT2D eigenvalue weighted by atomic mass is 32.2. The summed E-state index contributed by atoms with van der Waals surface area (Å²) in [7, 11) is 0. The van der Waals surface area contributed by atoms with Crippen molar-refractivity contribution in [3.05, 3.63) is 0 Å². The third-order valence-electron chi connectivity index (χ3n) is 2.26. The summed E-state index contributed by atoms with van der Waals surface area (Å²) in [5.41, 5.74) is 0. The van der Waals surface area contributed by atoms with E-state index in [1.807, 2.05) is 0 Å². The molecule has 1 amide bonds. The molecule has 0 aromatic heterocycles. The van der Waals surface area contributed by atoms with Gasteiger partial charge in [-0.25, -0.2) is 0 Å². The Morgan fingerprint density at radius 3 is 2.89 bits per heavy atom. The van der Waals surface area contributed by atoms with Crippen molar-refractivity contribution in [1.29, 1.82) is 0 Å². The van der Waals surface area contributed by atoms with Gasteiger partial charge in [0.25, 0.3) is 0 Å². The van der Waals surface area contributed by atoms with Crippen molar-refractivity contribution in [3.63, 3.8) is 0 Å². The summed E-state index contributed by atoms with van der Waals surface area (Å²) in [6.07, 6.45) is -3.96. The number of nitrogens with one attached hydrogen (secondary N) is 2. The lowest BCUT2D eigenvalue weighted by Gasteiger charge is -2.22. The molecule has 0 saturated carbocycles. The van der Waals surface area contributed by atoms with Gasteiger partial charge in [-0.05, 0) is 0 Å². The number of rotatable bonds is 6. The number of hydrogen-bond donors (Lipinski definition) is 2. The van der Waals surface area contributed by atoms with Gasteiger partial charge in [0.2, 0.25) is 5.91 Å². The molecule has 106 valence electrons. The van der Waals surface area contributed by atoms with E-state index in [-0.39, 0.29) is 25.1 Å². The molecule has 2 N–H and O–H groups in total. The highest BCUT2D eigenvalue weighted by Gasteiger charge is 2.27. The fraction of sp³-hybridized carbons (Fsp3) is 0.900. The maximum Gasteiger partial charge on any atom is 0.411 e. The van der Waals surface area contributed by atoms with Gasteiger partial charge in [0, 0.05) is 37.1 Å². The molecule has 1 unspecified atom stereocenters. The summed E-state index contributed by atoms with van der Waals surface area (Å²) >= 11 is 1.79. The predicted molar refractivity (Wildman–Crippen MR) is 63.6 cm³/mol. The average molecular weight is 286 g/mol. The van der Waals surface area contributed by atoms with Crippen LogP contribution >= 0.6 is 11.8 Å². The van der Waals surface area contributed by atoms with E-state index in [0.717, 1.165) is 18.1 Å². The SMILES string of the molecule is O=C(CC1CSCCN1)NCCOCC(F)(F)F. The van der Waals surface area contributed by atoms with Crippen molar-refractivity contribution in [2.24, 2.45) is 0 Å². The Bertz CT molecular complexity index is 258. The molecule has 0 spiro atoms. The van der Waals surface area contributed by atoms with Gasteiger partial charge in [-0.15, -0.1) is 0 Å². The topological polar surface area (TPSA) is 50.4 Å². The average Bonchev–Trinajstić information content (AvgIpc) is 2.28. The molecule has 1 saturated heterocycles. The molecule has 0 aromatic rings. The Labute approximate surface area is 108 Å². The third-order valence-corrected chi connectivity index (χ3v) is 3.40. The summed E-state index contributed by atoms with van der Waals surface area (Å²) in [5.74, 6) is 1.77. The van der Waals surface area contributed by atoms with Crippen LogP contribution in [0.3, 0.4) is 0 Å². The number of hydrogen-bond acceptors (Lipinski definition) is 4. The van der Waals surface area contributed by atoms with E-state index in [9.17, 15) is 18.0 Å². The Balaban J connectivity index is 1.99. The lowest BCUT2D eigenvalue weighted by molar-refractivity contribution is -0.173. The molecule has 8 heteroatoms. The summed E-state index contributed by atoms with van der Waals surface area (Å²) in [6, 6.07) is 0.153. The second-order valence-electron chi connectivity index (χ2n) is 3.95. The first-order valence-electron chi connectivity index (χ1n) is 5.70. The highest BCUT2D eigenvalue weighted by Crippen LogP contribution is 2.14. The maximum atomic E-state index is 11.7. The minimum Gasteiger partial charge on any atom is -0.370 e. The van der Waals surface area contributed by atoms with Crippen molar-refractivity contribution in [3.8, 4) is 0 Å². The van der Waals surface area contributed by atoms with Gasteiger partial charge in [0.15, 0.2) is 0 Å². The first-order valence-corrected chi connectivity index (χ1v) is 6.85. The van der Waals surface area contributed by atoms with Crippen LogP contribution < -0.4 is 10.6 Å². The summed E-state index contributed by atoms with van der Waals surface area (Å²) in [5, 5.41) is 5.75. The van der Waals surface area contributed by atoms with Crippen LogP contribution in [-0.4, -0.2) is 55.9 Å². The third kappa shape index (κ3) is 7.78. The van der Waals surface area contributed by atoms with Gasteiger partial charge in [-0.3, -0.25) is 4.79 Å². The van der Waals surface area contributed by atoms with Crippen LogP contribution in [0.1, 0.15) is 6.42 Å². The fourth-order valence-corrected chi connectivity index (χ4v) is 2.45. The molecule has 0 radical (unpaired) electrons. The molecule has 18 heavy (non-hydrogen) atoms. The van der Waals surface area contributed by atoms with Crippen molar-refractivity contribution in [2.45, 2.75) is 18.6 Å². The van der Waals surface area contributed by atoms with Gasteiger partial charge in [-0.2, -0.15) is 24.9 Å². The Kier molecular flexibility index (Phi) is 6.80. The molecular weight excluding hydrogens is 269 g/mol. The van der Waals surface area contributed by atoms with Crippen molar-refractivity contribution in [2.75, 3.05) is 37.8 Å². The van der Waals surface area contributed by atoms with Crippen molar-refractivity contribution in [1.82, 2.24) is 10.6 Å². The van der Waals surface area contributed by atoms with Crippen LogP contribution in [0.4, 0.5) is 13.2 Å². The second kappa shape index (κ2) is 7.85. The lowest BCUT2D eigenvalue weighted by atomic mass is 10.2. The number of carbonyl (C=O) groups excluding carboxylic acids is 1. The second-order valence-corrected chi connectivity index (χ2v) is 5.10. The van der Waals surface area contributed by atoms with Crippen LogP contribution in [-0.2, 0) is 9.53 Å². The smallest absolute Gasteiger partial charge is 0.370 e. The molecule has 0 aromatic carbocycles. The normalized spacial score (nSPS) is 20.7. The van der Waals surface area contributed by atoms with Crippen LogP contribution in [0.5, 0.6) is 0 Å². The Morgan fingerprint density at radius 1 is 1.50 bits per heavy atom. The molecule has 0 aliphatic carbocycles. The Morgan fingerprint density at radius 2 is 2.28 bits per heavy atom. The molecule has 4 nitrogen and oxygen atoms in total. The van der Waals surface area contributed by atoms with E-state index in [0.29, 0.717) is 6.42 Å². The number of halogens is 3. The Hall–Kier alpha value is -0.470. The molecule has 0 bridgehead atoms. The largest absolute Gasteiger partial charge is 0.411 e. The highest BCUT2D eigenvalue weighted by molar-refractivity contribution is 7.99. The van der Waals surface area contributed by atoms with E-state index in [2.05, 4.69) is 15.4 Å². The predicted octanol–water partition coefficient (Wildman–Crippen LogP) is 0.777. The van der Waals surface area contributed by atoms with Gasteiger partial charge < -0.3 is 15.4 Å². The van der Waals surface area contributed by atoms with E-state index < -0.39 is 12.8 Å². The molecule has 1 heterocycles. The maximum absolute atomic E-state index is 11.7. The van der Waals surface area contributed by atoms with Crippen LogP contribution in [0.2, 0.25) is 0 Å². The van der Waals surface area contributed by atoms with Gasteiger partial charge in [-0.1, -0.05) is 0 Å². The van der Waals surface area contributed by atoms with Gasteiger partial charge in [0.05, 0.1) is 6.61 Å². The van der Waals surface area contributed by atoms with E-state index in [4.69, 9.17) is 0 Å². The van der Waals surface area contributed by atoms with E-state index >= 15 is 0 Å². The fourth-order valence-electron chi connectivity index (χ4n) is 1.50. The van der Waals surface area contributed by atoms with E-state index in [1.165, 1.54) is 0 Å². The van der Waals surface area contributed by atoms with Crippen molar-refractivity contribution >= 4 is 17.7 Å². The number of amides is 1. The molecule has 1 fully saturated rings. The number of ether oxygens (including phenoxy) is 1.